The van der Waals surface area contributed by atoms with Crippen LogP contribution in [0, 0.1) is 0 Å². The normalized spacial score (nSPS) is 12.7. The average Bonchev–Trinajstić information content (AvgIpc) is 3.10. The van der Waals surface area contributed by atoms with Crippen molar-refractivity contribution in [3.8, 4) is 11.1 Å². The molecule has 1 aliphatic rings. The second-order valence-electron chi connectivity index (χ2n) is 9.38. The third-order valence-corrected chi connectivity index (χ3v) is 22.6. The number of hydrogen-bond donors (Lipinski definition) is 0. The van der Waals surface area contributed by atoms with Crippen LogP contribution in [0.25, 0.3) is 11.1 Å². The molecular formula is C27H41NSn. The van der Waals surface area contributed by atoms with E-state index in [1.807, 2.05) is 3.58 Å². The van der Waals surface area contributed by atoms with Crippen molar-refractivity contribution in [1.82, 2.24) is 0 Å². The van der Waals surface area contributed by atoms with Gasteiger partial charge >= 0.3 is 184 Å². The zero-order valence-corrected chi connectivity index (χ0v) is 22.3. The van der Waals surface area contributed by atoms with E-state index in [0.717, 1.165) is 6.42 Å². The van der Waals surface area contributed by atoms with Gasteiger partial charge in [0.1, 0.15) is 0 Å². The van der Waals surface area contributed by atoms with Crippen LogP contribution >= 0.6 is 0 Å². The van der Waals surface area contributed by atoms with Crippen LogP contribution in [0.3, 0.4) is 0 Å². The van der Waals surface area contributed by atoms with Crippen molar-refractivity contribution in [2.24, 2.45) is 0 Å². The van der Waals surface area contributed by atoms with E-state index in [2.05, 4.69) is 76.2 Å². The van der Waals surface area contributed by atoms with E-state index in [9.17, 15) is 0 Å². The van der Waals surface area contributed by atoms with Gasteiger partial charge in [-0.3, -0.25) is 0 Å². The van der Waals surface area contributed by atoms with Gasteiger partial charge in [-0.15, -0.1) is 0 Å². The molecule has 0 saturated heterocycles. The van der Waals surface area contributed by atoms with Gasteiger partial charge in [-0.1, -0.05) is 0 Å². The van der Waals surface area contributed by atoms with Crippen molar-refractivity contribution in [2.75, 3.05) is 19.0 Å². The Morgan fingerprint density at radius 2 is 1.24 bits per heavy atom. The molecule has 0 aromatic heterocycles. The number of anilines is 1. The minimum atomic E-state index is -2.34. The van der Waals surface area contributed by atoms with Crippen molar-refractivity contribution in [1.29, 1.82) is 0 Å². The molecule has 1 nitrogen and oxygen atoms in total. The van der Waals surface area contributed by atoms with Gasteiger partial charge in [0.2, 0.25) is 0 Å². The van der Waals surface area contributed by atoms with Gasteiger partial charge in [0.15, 0.2) is 0 Å². The van der Waals surface area contributed by atoms with Crippen LogP contribution in [0.5, 0.6) is 0 Å². The van der Waals surface area contributed by atoms with E-state index >= 15 is 0 Å². The van der Waals surface area contributed by atoms with Crippen molar-refractivity contribution in [2.45, 2.75) is 79.0 Å². The van der Waals surface area contributed by atoms with Crippen LogP contribution in [-0.2, 0) is 6.42 Å². The molecule has 2 heteroatoms. The monoisotopic (exact) mass is 499 g/mol. The summed E-state index contributed by atoms with van der Waals surface area (Å²) in [6.07, 6.45) is 9.48. The third kappa shape index (κ3) is 5.03. The molecule has 1 aliphatic carbocycles. The Hall–Kier alpha value is -0.961. The Morgan fingerprint density at radius 3 is 1.76 bits per heavy atom. The summed E-state index contributed by atoms with van der Waals surface area (Å²) in [4.78, 5) is 2.22. The summed E-state index contributed by atoms with van der Waals surface area (Å²) in [6.45, 7) is 7.12. The molecule has 0 saturated carbocycles. The fourth-order valence-corrected chi connectivity index (χ4v) is 21.2. The van der Waals surface area contributed by atoms with Gasteiger partial charge in [-0.2, -0.15) is 0 Å². The number of rotatable bonds is 11. The van der Waals surface area contributed by atoms with Crippen LogP contribution in [0.2, 0.25) is 13.3 Å². The molecule has 2 aromatic carbocycles. The van der Waals surface area contributed by atoms with Gasteiger partial charge in [-0.25, -0.2) is 0 Å². The van der Waals surface area contributed by atoms with Crippen molar-refractivity contribution < 1.29 is 0 Å². The molecule has 0 unspecified atom stereocenters. The minimum absolute atomic E-state index is 1.12. The summed E-state index contributed by atoms with van der Waals surface area (Å²) in [5, 5.41) is 0. The SMILES string of the molecule is CCC[CH2][Sn]([CH2]CCC)([CH2]CCC)[c]1ccc2c(c1)Cc1cc(N(C)C)ccc1-2. The van der Waals surface area contributed by atoms with E-state index in [0.29, 0.717) is 0 Å². The first-order valence-electron chi connectivity index (χ1n) is 12.0. The summed E-state index contributed by atoms with van der Waals surface area (Å²) in [5.74, 6) is 0. The molecule has 0 radical (unpaired) electrons. The third-order valence-electron chi connectivity index (χ3n) is 7.02. The maximum atomic E-state index is 2.68. The fourth-order valence-electron chi connectivity index (χ4n) is 5.16. The Bertz CT molecular complexity index is 786. The van der Waals surface area contributed by atoms with E-state index < -0.39 is 18.4 Å². The molecule has 0 amide bonds. The molecule has 0 aliphatic heterocycles. The van der Waals surface area contributed by atoms with E-state index in [4.69, 9.17) is 0 Å². The van der Waals surface area contributed by atoms with Crippen molar-refractivity contribution in [3.05, 3.63) is 47.5 Å². The molecule has 0 atom stereocenters. The van der Waals surface area contributed by atoms with Gasteiger partial charge in [0.25, 0.3) is 0 Å². The van der Waals surface area contributed by atoms with E-state index in [1.54, 1.807) is 18.9 Å². The van der Waals surface area contributed by atoms with Crippen LogP contribution in [0.15, 0.2) is 36.4 Å². The fraction of sp³-hybridized carbons (Fsp3) is 0.556. The molecule has 0 heterocycles. The molecule has 0 spiro atoms. The first-order valence-corrected chi connectivity index (χ1v) is 19.5. The summed E-state index contributed by atoms with van der Waals surface area (Å²) in [7, 11) is 4.28. The first kappa shape index (κ1) is 22.7. The van der Waals surface area contributed by atoms with E-state index in [-0.39, 0.29) is 0 Å². The van der Waals surface area contributed by atoms with Gasteiger partial charge < -0.3 is 0 Å². The Balaban J connectivity index is 1.96. The summed E-state index contributed by atoms with van der Waals surface area (Å²) in [5.41, 5.74) is 7.39. The maximum absolute atomic E-state index is 2.68. The van der Waals surface area contributed by atoms with Crippen molar-refractivity contribution >= 4 is 27.6 Å². The Labute approximate surface area is 183 Å². The number of nitrogens with zero attached hydrogens (tertiary/aromatic N) is 1. The van der Waals surface area contributed by atoms with Gasteiger partial charge in [0.05, 0.1) is 0 Å². The second kappa shape index (κ2) is 10.4. The van der Waals surface area contributed by atoms with Gasteiger partial charge in [-0.05, 0) is 0 Å². The summed E-state index contributed by atoms with van der Waals surface area (Å²) < 4.78 is 6.50. The average molecular weight is 498 g/mol. The molecule has 29 heavy (non-hydrogen) atoms. The predicted octanol–water partition coefficient (Wildman–Crippen LogP) is 7.38. The molecule has 2 aromatic rings. The van der Waals surface area contributed by atoms with Gasteiger partial charge in [0, 0.05) is 0 Å². The summed E-state index contributed by atoms with van der Waals surface area (Å²) >= 11 is -2.34. The molecule has 0 N–H and O–H groups in total. The standard InChI is InChI=1S/C15H14N.3C4H9.Sn/c1-16(2)13-7-8-15-12(10-13)9-11-5-3-4-6-14(11)15;3*1-3-4-2;/h4-8,10H,9H2,1-2H3;3*1,3-4H2,2H3;. The molecule has 0 bridgehead atoms. The Morgan fingerprint density at radius 1 is 0.724 bits per heavy atom. The van der Waals surface area contributed by atoms with E-state index in [1.165, 1.54) is 60.9 Å². The second-order valence-corrected chi connectivity index (χ2v) is 22.6. The molecule has 158 valence electrons. The molecule has 3 rings (SSSR count). The topological polar surface area (TPSA) is 3.24 Å². The molecular weight excluding hydrogens is 457 g/mol. The number of hydrogen-bond acceptors (Lipinski definition) is 1. The Kier molecular flexibility index (Phi) is 8.13. The number of benzene rings is 2. The van der Waals surface area contributed by atoms with Crippen molar-refractivity contribution in [3.63, 3.8) is 0 Å². The summed E-state index contributed by atoms with van der Waals surface area (Å²) in [6, 6.07) is 14.8. The van der Waals surface area contributed by atoms with Crippen LogP contribution in [0.1, 0.15) is 70.4 Å². The van der Waals surface area contributed by atoms with Crippen LogP contribution in [-0.4, -0.2) is 32.5 Å². The quantitative estimate of drug-likeness (QED) is 0.250. The number of unbranched alkanes of at least 4 members (excludes halogenated alkanes) is 3. The van der Waals surface area contributed by atoms with Crippen LogP contribution < -0.4 is 8.48 Å². The number of fused-ring (bicyclic) bond motifs is 3. The predicted molar refractivity (Wildman–Crippen MR) is 134 cm³/mol. The van der Waals surface area contributed by atoms with Crippen LogP contribution in [0.4, 0.5) is 5.69 Å². The zero-order valence-electron chi connectivity index (χ0n) is 19.5. The first-order chi connectivity index (χ1) is 14.0. The molecule has 0 fully saturated rings. The zero-order chi connectivity index (χ0) is 20.9.